The molecular weight excluding hydrogens is 460 g/mol. The van der Waals surface area contributed by atoms with E-state index in [0.29, 0.717) is 31.4 Å². The molecule has 8 heteroatoms. The van der Waals surface area contributed by atoms with Crippen LogP contribution >= 0.6 is 0 Å². The predicted octanol–water partition coefficient (Wildman–Crippen LogP) is 4.57. The van der Waals surface area contributed by atoms with E-state index in [2.05, 4.69) is 34.6 Å². The molecule has 0 spiro atoms. The van der Waals surface area contributed by atoms with Crippen LogP contribution in [0.1, 0.15) is 44.6 Å². The number of aryl methyl sites for hydroxylation is 2. The van der Waals surface area contributed by atoms with Gasteiger partial charge in [0.2, 0.25) is 15.9 Å². The lowest BCUT2D eigenvalue weighted by Gasteiger charge is -2.18. The SMILES string of the molecule is CCN(CC)S(=O)(=O)c1ccc2c(c1)nc(CCC(=O)NC(C)c1ccc3ccccc3c1)n2C. The Morgan fingerprint density at radius 3 is 2.46 bits per heavy atom. The van der Waals surface area contributed by atoms with Gasteiger partial charge >= 0.3 is 0 Å². The minimum Gasteiger partial charge on any atom is -0.350 e. The Kier molecular flexibility index (Phi) is 7.23. The maximum Gasteiger partial charge on any atom is 0.243 e. The number of nitrogens with one attached hydrogen (secondary N) is 1. The largest absolute Gasteiger partial charge is 0.350 e. The number of imidazole rings is 1. The summed E-state index contributed by atoms with van der Waals surface area (Å²) in [6.45, 7) is 6.46. The van der Waals surface area contributed by atoms with Crippen LogP contribution in [0.2, 0.25) is 0 Å². The standard InChI is InChI=1S/C27H32N4O3S/c1-5-31(6-2)35(33,34)23-13-14-25-24(18-23)29-26(30(25)4)15-16-27(32)28-19(3)21-12-11-20-9-7-8-10-22(20)17-21/h7-14,17-19H,5-6,15-16H2,1-4H3,(H,28,32). The summed E-state index contributed by atoms with van der Waals surface area (Å²) < 4.78 is 29.1. The first-order valence-electron chi connectivity index (χ1n) is 12.0. The molecule has 35 heavy (non-hydrogen) atoms. The molecule has 0 aliphatic carbocycles. The minimum absolute atomic E-state index is 0.0532. The number of nitrogens with zero attached hydrogens (tertiary/aromatic N) is 3. The van der Waals surface area contributed by atoms with Crippen LogP contribution in [0.5, 0.6) is 0 Å². The van der Waals surface area contributed by atoms with Crippen molar-refractivity contribution in [1.29, 1.82) is 0 Å². The highest BCUT2D eigenvalue weighted by atomic mass is 32.2. The van der Waals surface area contributed by atoms with E-state index in [4.69, 9.17) is 0 Å². The van der Waals surface area contributed by atoms with Gasteiger partial charge in [0.25, 0.3) is 0 Å². The van der Waals surface area contributed by atoms with Crippen molar-refractivity contribution in [3.63, 3.8) is 0 Å². The normalized spacial score (nSPS) is 12.9. The smallest absolute Gasteiger partial charge is 0.243 e. The molecule has 1 N–H and O–H groups in total. The van der Waals surface area contributed by atoms with E-state index in [9.17, 15) is 13.2 Å². The Morgan fingerprint density at radius 2 is 1.74 bits per heavy atom. The van der Waals surface area contributed by atoms with Crippen molar-refractivity contribution in [2.75, 3.05) is 13.1 Å². The number of benzene rings is 3. The van der Waals surface area contributed by atoms with E-state index in [-0.39, 0.29) is 16.8 Å². The molecule has 0 fully saturated rings. The van der Waals surface area contributed by atoms with Gasteiger partial charge in [0.1, 0.15) is 5.82 Å². The van der Waals surface area contributed by atoms with Crippen LogP contribution in [0.25, 0.3) is 21.8 Å². The predicted molar refractivity (Wildman–Crippen MR) is 140 cm³/mol. The lowest BCUT2D eigenvalue weighted by molar-refractivity contribution is -0.121. The van der Waals surface area contributed by atoms with Gasteiger partial charge in [0.15, 0.2) is 0 Å². The number of hydrogen-bond donors (Lipinski definition) is 1. The second-order valence-corrected chi connectivity index (χ2v) is 10.7. The molecule has 1 unspecified atom stereocenters. The molecule has 0 saturated heterocycles. The number of aromatic nitrogens is 2. The monoisotopic (exact) mass is 492 g/mol. The number of carbonyl (C=O) groups is 1. The molecule has 4 rings (SSSR count). The molecule has 1 heterocycles. The highest BCUT2D eigenvalue weighted by molar-refractivity contribution is 7.89. The van der Waals surface area contributed by atoms with Gasteiger partial charge in [-0.25, -0.2) is 13.4 Å². The van der Waals surface area contributed by atoms with Crippen LogP contribution in [0, 0.1) is 0 Å². The van der Waals surface area contributed by atoms with E-state index in [0.717, 1.165) is 22.3 Å². The number of fused-ring (bicyclic) bond motifs is 2. The molecule has 1 aromatic heterocycles. The Morgan fingerprint density at radius 1 is 1.03 bits per heavy atom. The first kappa shape index (κ1) is 24.9. The molecule has 0 bridgehead atoms. The molecule has 7 nitrogen and oxygen atoms in total. The fraction of sp³-hybridized carbons (Fsp3) is 0.333. The van der Waals surface area contributed by atoms with Crippen molar-refractivity contribution in [1.82, 2.24) is 19.2 Å². The number of rotatable bonds is 9. The van der Waals surface area contributed by atoms with E-state index >= 15 is 0 Å². The van der Waals surface area contributed by atoms with Gasteiger partial charge in [0, 0.05) is 33.0 Å². The molecule has 184 valence electrons. The highest BCUT2D eigenvalue weighted by Gasteiger charge is 2.23. The van der Waals surface area contributed by atoms with Crippen molar-refractivity contribution in [3.05, 3.63) is 72.1 Å². The summed E-state index contributed by atoms with van der Waals surface area (Å²) >= 11 is 0. The molecule has 4 aromatic rings. The first-order valence-corrected chi connectivity index (χ1v) is 13.4. The third-order valence-electron chi connectivity index (χ3n) is 6.51. The fourth-order valence-corrected chi connectivity index (χ4v) is 5.90. The second-order valence-electron chi connectivity index (χ2n) is 8.72. The summed E-state index contributed by atoms with van der Waals surface area (Å²) in [6, 6.07) is 19.3. The molecular formula is C27H32N4O3S. The van der Waals surface area contributed by atoms with Crippen LogP contribution in [-0.4, -0.2) is 41.3 Å². The third kappa shape index (κ3) is 5.09. The summed E-state index contributed by atoms with van der Waals surface area (Å²) in [6.07, 6.45) is 0.749. The van der Waals surface area contributed by atoms with Gasteiger partial charge in [-0.15, -0.1) is 0 Å². The van der Waals surface area contributed by atoms with Crippen molar-refractivity contribution < 1.29 is 13.2 Å². The minimum atomic E-state index is -3.56. The molecule has 0 radical (unpaired) electrons. The van der Waals surface area contributed by atoms with Crippen molar-refractivity contribution in [2.45, 2.75) is 44.6 Å². The van der Waals surface area contributed by atoms with Crippen molar-refractivity contribution in [3.8, 4) is 0 Å². The molecule has 1 amide bonds. The Hall–Kier alpha value is -3.23. The first-order chi connectivity index (χ1) is 16.7. The Balaban J connectivity index is 1.45. The lowest BCUT2D eigenvalue weighted by atomic mass is 10.0. The van der Waals surface area contributed by atoms with Crippen LogP contribution < -0.4 is 5.32 Å². The Labute approximate surface area is 206 Å². The van der Waals surface area contributed by atoms with E-state index in [1.54, 1.807) is 18.2 Å². The average molecular weight is 493 g/mol. The topological polar surface area (TPSA) is 84.3 Å². The van der Waals surface area contributed by atoms with Gasteiger partial charge in [-0.3, -0.25) is 4.79 Å². The van der Waals surface area contributed by atoms with Crippen molar-refractivity contribution >= 4 is 37.7 Å². The maximum absolute atomic E-state index is 12.9. The van der Waals surface area contributed by atoms with Crippen molar-refractivity contribution in [2.24, 2.45) is 7.05 Å². The van der Waals surface area contributed by atoms with Crippen LogP contribution in [0.15, 0.2) is 65.6 Å². The molecule has 0 saturated carbocycles. The average Bonchev–Trinajstić information content (AvgIpc) is 3.17. The van der Waals surface area contributed by atoms with Gasteiger partial charge in [-0.1, -0.05) is 50.2 Å². The zero-order chi connectivity index (χ0) is 25.2. The summed E-state index contributed by atoms with van der Waals surface area (Å²) in [5.41, 5.74) is 2.51. The highest BCUT2D eigenvalue weighted by Crippen LogP contribution is 2.23. The van der Waals surface area contributed by atoms with Gasteiger partial charge in [-0.2, -0.15) is 4.31 Å². The van der Waals surface area contributed by atoms with Crippen LogP contribution in [-0.2, 0) is 28.3 Å². The quantitative estimate of drug-likeness (QED) is 0.371. The van der Waals surface area contributed by atoms with Crippen LogP contribution in [0.3, 0.4) is 0 Å². The number of carbonyl (C=O) groups excluding carboxylic acids is 1. The second kappa shape index (κ2) is 10.2. The zero-order valence-corrected chi connectivity index (χ0v) is 21.5. The van der Waals surface area contributed by atoms with E-state index in [1.165, 1.54) is 9.69 Å². The van der Waals surface area contributed by atoms with Gasteiger partial charge in [-0.05, 0) is 47.5 Å². The lowest BCUT2D eigenvalue weighted by Crippen LogP contribution is -2.30. The number of amides is 1. The molecule has 1 atom stereocenters. The summed E-state index contributed by atoms with van der Waals surface area (Å²) in [5, 5.41) is 5.40. The van der Waals surface area contributed by atoms with E-state index < -0.39 is 10.0 Å². The molecule has 0 aliphatic heterocycles. The molecule has 3 aromatic carbocycles. The maximum atomic E-state index is 12.9. The fourth-order valence-electron chi connectivity index (χ4n) is 4.43. The number of sulfonamides is 1. The third-order valence-corrected chi connectivity index (χ3v) is 8.56. The molecule has 0 aliphatic rings. The number of hydrogen-bond acceptors (Lipinski definition) is 4. The Bertz CT molecular complexity index is 1470. The van der Waals surface area contributed by atoms with Crippen LogP contribution in [0.4, 0.5) is 0 Å². The summed E-state index contributed by atoms with van der Waals surface area (Å²) in [5.74, 6) is 0.688. The summed E-state index contributed by atoms with van der Waals surface area (Å²) in [4.78, 5) is 17.6. The van der Waals surface area contributed by atoms with Gasteiger partial charge < -0.3 is 9.88 Å². The summed E-state index contributed by atoms with van der Waals surface area (Å²) in [7, 11) is -1.67. The van der Waals surface area contributed by atoms with Gasteiger partial charge in [0.05, 0.1) is 22.0 Å². The zero-order valence-electron chi connectivity index (χ0n) is 20.7. The van der Waals surface area contributed by atoms with E-state index in [1.807, 2.05) is 50.6 Å².